The molecule has 0 bridgehead atoms. The molecule has 0 aromatic heterocycles. The minimum Gasteiger partial charge on any atom is -0.481 e. The number of ether oxygens (including phenoxy) is 1. The average molecular weight is 433 g/mol. The van der Waals surface area contributed by atoms with Crippen LogP contribution >= 0.6 is 0 Å². The Kier molecular flexibility index (Phi) is 6.24. The van der Waals surface area contributed by atoms with Crippen molar-refractivity contribution in [3.8, 4) is 0 Å². The molecule has 4 saturated carbocycles. The second-order valence-electron chi connectivity index (χ2n) is 12.2. The molecule has 0 spiro atoms. The number of carboxylic acid groups (broad SMARTS) is 1. The Hall–Kier alpha value is -1.06. The highest BCUT2D eigenvalue weighted by molar-refractivity contribution is 5.67. The Bertz CT molecular complexity index is 703. The van der Waals surface area contributed by atoms with Gasteiger partial charge in [0.15, 0.2) is 0 Å². The summed E-state index contributed by atoms with van der Waals surface area (Å²) < 4.78 is 5.68. The largest absolute Gasteiger partial charge is 0.481 e. The predicted molar refractivity (Wildman–Crippen MR) is 121 cm³/mol. The second kappa shape index (κ2) is 8.37. The summed E-state index contributed by atoms with van der Waals surface area (Å²) in [7, 11) is 0. The lowest BCUT2D eigenvalue weighted by molar-refractivity contribution is -0.170. The van der Waals surface area contributed by atoms with E-state index in [2.05, 4.69) is 27.7 Å². The molecule has 0 amide bonds. The molecule has 0 saturated heterocycles. The van der Waals surface area contributed by atoms with Crippen LogP contribution in [0.4, 0.5) is 0 Å². The molecule has 4 aliphatic carbocycles. The van der Waals surface area contributed by atoms with E-state index in [-0.39, 0.29) is 18.0 Å². The topological polar surface area (TPSA) is 63.6 Å². The van der Waals surface area contributed by atoms with Crippen LogP contribution in [0, 0.1) is 52.3 Å². The molecule has 0 radical (unpaired) electrons. The Morgan fingerprint density at radius 2 is 1.68 bits per heavy atom. The van der Waals surface area contributed by atoms with E-state index in [1.807, 2.05) is 0 Å². The highest BCUT2D eigenvalue weighted by Crippen LogP contribution is 2.69. The van der Waals surface area contributed by atoms with Crippen LogP contribution in [0.5, 0.6) is 0 Å². The fourth-order valence-corrected chi connectivity index (χ4v) is 9.65. The van der Waals surface area contributed by atoms with E-state index in [0.29, 0.717) is 29.1 Å². The molecule has 0 heterocycles. The standard InChI is InChI=1S/C27H44O4/c1-6-18-14-20-22-8-7-21(16(2)13-25(29)30)26(22,4)12-10-23(20)27(5)11-9-19(15-24(18)27)31-17(3)28/h16,18-24H,6-15H2,1-5H3,(H,29,30). The second-order valence-corrected chi connectivity index (χ2v) is 12.2. The number of carboxylic acids is 1. The summed E-state index contributed by atoms with van der Waals surface area (Å²) in [4.78, 5) is 23.0. The van der Waals surface area contributed by atoms with Crippen molar-refractivity contribution in [2.45, 2.75) is 105 Å². The monoisotopic (exact) mass is 432 g/mol. The maximum Gasteiger partial charge on any atom is 0.303 e. The van der Waals surface area contributed by atoms with E-state index in [4.69, 9.17) is 4.74 Å². The SMILES string of the molecule is CCC1CC2C3CCC(C(C)CC(=O)O)C3(C)CCC2C2(C)CCC(OC(C)=O)CC12. The lowest BCUT2D eigenvalue weighted by atomic mass is 9.42. The van der Waals surface area contributed by atoms with Crippen molar-refractivity contribution in [3.05, 3.63) is 0 Å². The van der Waals surface area contributed by atoms with Gasteiger partial charge >= 0.3 is 11.9 Å². The van der Waals surface area contributed by atoms with Gasteiger partial charge in [0.1, 0.15) is 6.10 Å². The number of hydrogen-bond donors (Lipinski definition) is 1. The fourth-order valence-electron chi connectivity index (χ4n) is 9.65. The summed E-state index contributed by atoms with van der Waals surface area (Å²) in [6.45, 7) is 11.2. The highest BCUT2D eigenvalue weighted by atomic mass is 16.5. The van der Waals surface area contributed by atoms with Crippen LogP contribution in [-0.4, -0.2) is 23.1 Å². The van der Waals surface area contributed by atoms with Gasteiger partial charge in [0, 0.05) is 13.3 Å². The van der Waals surface area contributed by atoms with Gasteiger partial charge in [-0.3, -0.25) is 9.59 Å². The maximum absolute atomic E-state index is 11.6. The van der Waals surface area contributed by atoms with Crippen molar-refractivity contribution in [2.24, 2.45) is 52.3 Å². The molecule has 10 atom stereocenters. The van der Waals surface area contributed by atoms with Gasteiger partial charge in [-0.15, -0.1) is 0 Å². The van der Waals surface area contributed by atoms with Gasteiger partial charge in [-0.25, -0.2) is 0 Å². The molecule has 0 aromatic rings. The number of fused-ring (bicyclic) bond motifs is 5. The molecule has 4 heteroatoms. The third kappa shape index (κ3) is 3.84. The minimum absolute atomic E-state index is 0.114. The maximum atomic E-state index is 11.6. The number of rotatable bonds is 5. The first-order valence-corrected chi connectivity index (χ1v) is 13.0. The van der Waals surface area contributed by atoms with Gasteiger partial charge in [0.2, 0.25) is 0 Å². The molecule has 4 rings (SSSR count). The smallest absolute Gasteiger partial charge is 0.303 e. The molecule has 176 valence electrons. The number of carbonyl (C=O) groups excluding carboxylic acids is 1. The summed E-state index contributed by atoms with van der Waals surface area (Å²) in [5.74, 6) is 3.78. The number of esters is 1. The summed E-state index contributed by atoms with van der Waals surface area (Å²) in [5, 5.41) is 9.39. The molecule has 10 unspecified atom stereocenters. The molecule has 4 nitrogen and oxygen atoms in total. The Morgan fingerprint density at radius 3 is 2.32 bits per heavy atom. The lowest BCUT2D eigenvalue weighted by Crippen LogP contribution is -2.57. The van der Waals surface area contributed by atoms with Crippen molar-refractivity contribution >= 4 is 11.9 Å². The predicted octanol–water partition coefficient (Wildman–Crippen LogP) is 6.32. The third-order valence-corrected chi connectivity index (χ3v) is 10.9. The van der Waals surface area contributed by atoms with E-state index in [0.717, 1.165) is 36.5 Å². The van der Waals surface area contributed by atoms with Crippen LogP contribution in [0.2, 0.25) is 0 Å². The van der Waals surface area contributed by atoms with Crippen LogP contribution in [0.3, 0.4) is 0 Å². The Morgan fingerprint density at radius 1 is 1.00 bits per heavy atom. The van der Waals surface area contributed by atoms with Crippen LogP contribution < -0.4 is 0 Å². The number of carbonyl (C=O) groups is 2. The molecule has 4 aliphatic rings. The molecule has 0 aromatic carbocycles. The van der Waals surface area contributed by atoms with Gasteiger partial charge in [-0.1, -0.05) is 34.1 Å². The third-order valence-electron chi connectivity index (χ3n) is 10.9. The Balaban J connectivity index is 1.57. The minimum atomic E-state index is -0.642. The first-order chi connectivity index (χ1) is 14.6. The van der Waals surface area contributed by atoms with E-state index >= 15 is 0 Å². The highest BCUT2D eigenvalue weighted by Gasteiger charge is 2.62. The first-order valence-electron chi connectivity index (χ1n) is 13.0. The first kappa shape index (κ1) is 23.1. The number of hydrogen-bond acceptors (Lipinski definition) is 3. The van der Waals surface area contributed by atoms with Crippen LogP contribution in [0.15, 0.2) is 0 Å². The quantitative estimate of drug-likeness (QED) is 0.516. The van der Waals surface area contributed by atoms with Gasteiger partial charge < -0.3 is 9.84 Å². The lowest BCUT2D eigenvalue weighted by Gasteiger charge is -2.63. The van der Waals surface area contributed by atoms with Gasteiger partial charge in [-0.05, 0) is 104 Å². The summed E-state index contributed by atoms with van der Waals surface area (Å²) in [6.07, 6.45) is 11.3. The van der Waals surface area contributed by atoms with Crippen molar-refractivity contribution in [1.82, 2.24) is 0 Å². The molecule has 4 fully saturated rings. The van der Waals surface area contributed by atoms with Crippen molar-refractivity contribution in [2.75, 3.05) is 0 Å². The fraction of sp³-hybridized carbons (Fsp3) is 0.926. The molecule has 1 N–H and O–H groups in total. The zero-order valence-corrected chi connectivity index (χ0v) is 20.4. The summed E-state index contributed by atoms with van der Waals surface area (Å²) >= 11 is 0. The van der Waals surface area contributed by atoms with E-state index in [1.165, 1.54) is 44.9 Å². The molecule has 31 heavy (non-hydrogen) atoms. The van der Waals surface area contributed by atoms with Gasteiger partial charge in [0.25, 0.3) is 0 Å². The van der Waals surface area contributed by atoms with Crippen molar-refractivity contribution in [1.29, 1.82) is 0 Å². The van der Waals surface area contributed by atoms with Crippen molar-refractivity contribution in [3.63, 3.8) is 0 Å². The molecular formula is C27H44O4. The number of aliphatic carboxylic acids is 1. The normalized spacial score (nSPS) is 47.6. The Labute approximate surface area is 188 Å². The van der Waals surface area contributed by atoms with E-state index < -0.39 is 5.97 Å². The van der Waals surface area contributed by atoms with Crippen LogP contribution in [0.25, 0.3) is 0 Å². The van der Waals surface area contributed by atoms with Crippen LogP contribution in [-0.2, 0) is 14.3 Å². The molecule has 0 aliphatic heterocycles. The van der Waals surface area contributed by atoms with Gasteiger partial charge in [-0.2, -0.15) is 0 Å². The van der Waals surface area contributed by atoms with Crippen molar-refractivity contribution < 1.29 is 19.4 Å². The summed E-state index contributed by atoms with van der Waals surface area (Å²) in [5.41, 5.74) is 0.679. The van der Waals surface area contributed by atoms with E-state index in [1.54, 1.807) is 6.92 Å². The van der Waals surface area contributed by atoms with Crippen LogP contribution in [0.1, 0.15) is 98.8 Å². The molecular weight excluding hydrogens is 388 g/mol. The van der Waals surface area contributed by atoms with Gasteiger partial charge in [0.05, 0.1) is 0 Å². The average Bonchev–Trinajstić information content (AvgIpc) is 3.04. The zero-order valence-electron chi connectivity index (χ0n) is 20.4. The summed E-state index contributed by atoms with van der Waals surface area (Å²) in [6, 6.07) is 0. The zero-order chi connectivity index (χ0) is 22.6. The van der Waals surface area contributed by atoms with E-state index in [9.17, 15) is 14.7 Å².